The molecule has 0 bridgehead atoms. The van der Waals surface area contributed by atoms with Crippen molar-refractivity contribution in [2.75, 3.05) is 13.4 Å². The lowest BCUT2D eigenvalue weighted by Gasteiger charge is -2.09. The Balaban J connectivity index is 0.00000264. The van der Waals surface area contributed by atoms with E-state index in [-0.39, 0.29) is 18.4 Å². The minimum absolute atomic E-state index is 0. The van der Waals surface area contributed by atoms with Gasteiger partial charge in [0.05, 0.1) is 7.11 Å². The Hall–Kier alpha value is -2.25. The Morgan fingerprint density at radius 1 is 1.13 bits per heavy atom. The molecular weight excluding hydrogens is 334 g/mol. The lowest BCUT2D eigenvalue weighted by atomic mass is 10.1. The van der Waals surface area contributed by atoms with Gasteiger partial charge in [0, 0.05) is 16.7 Å². The average molecular weight is 352 g/mol. The first-order chi connectivity index (χ1) is 10.7. The van der Waals surface area contributed by atoms with Crippen LogP contribution in [0.4, 0.5) is 0 Å². The Bertz CT molecular complexity index is 699. The molecule has 8 heteroatoms. The summed E-state index contributed by atoms with van der Waals surface area (Å²) in [5.41, 5.74) is 12.9. The van der Waals surface area contributed by atoms with E-state index in [9.17, 15) is 0 Å². The number of hydrogen-bond donors (Lipinski definition) is 2. The van der Waals surface area contributed by atoms with Gasteiger partial charge < -0.3 is 16.2 Å². The van der Waals surface area contributed by atoms with E-state index in [0.717, 1.165) is 21.9 Å². The normalized spacial score (nSPS) is 10.6. The Morgan fingerprint density at radius 2 is 1.83 bits per heavy atom. The predicted molar refractivity (Wildman–Crippen MR) is 97.7 cm³/mol. The van der Waals surface area contributed by atoms with Gasteiger partial charge in [-0.05, 0) is 42.7 Å². The number of thioether (sulfide) groups is 1. The van der Waals surface area contributed by atoms with Gasteiger partial charge in [0.2, 0.25) is 5.96 Å². The molecule has 0 spiro atoms. The maximum absolute atomic E-state index is 5.39. The van der Waals surface area contributed by atoms with E-state index in [1.807, 2.05) is 42.7 Å². The summed E-state index contributed by atoms with van der Waals surface area (Å²) < 4.78 is 5.17. The Morgan fingerprint density at radius 3 is 2.39 bits per heavy atom. The van der Waals surface area contributed by atoms with Crippen molar-refractivity contribution in [2.24, 2.45) is 21.7 Å². The summed E-state index contributed by atoms with van der Waals surface area (Å²) in [5.74, 6) is 0.656. The van der Waals surface area contributed by atoms with Crippen molar-refractivity contribution in [3.8, 4) is 5.75 Å². The number of ether oxygens (including phenoxy) is 1. The van der Waals surface area contributed by atoms with Crippen molar-refractivity contribution in [3.63, 3.8) is 0 Å². The summed E-state index contributed by atoms with van der Waals surface area (Å²) in [7, 11) is 1.62. The zero-order chi connectivity index (χ0) is 15.9. The standard InChI is InChI=1S/C15H17N5OS.ClH/c1-21-11-7-5-10(6-8-11)13(19-20-15(16)17)14-12(22-2)4-3-9-18-14;/h3-9H,1-2H3,(H4,16,17,20);1H/b19-13-;. The number of benzene rings is 1. The number of hydrogen-bond acceptors (Lipinski definition) is 5. The molecule has 0 aliphatic rings. The highest BCUT2D eigenvalue weighted by molar-refractivity contribution is 7.98. The second-order valence-corrected chi connectivity index (χ2v) is 5.10. The second-order valence-electron chi connectivity index (χ2n) is 4.26. The van der Waals surface area contributed by atoms with Crippen molar-refractivity contribution < 1.29 is 4.74 Å². The summed E-state index contributed by atoms with van der Waals surface area (Å²) in [6, 6.07) is 11.3. The van der Waals surface area contributed by atoms with Crippen LogP contribution in [-0.2, 0) is 0 Å². The van der Waals surface area contributed by atoms with E-state index in [0.29, 0.717) is 5.71 Å². The summed E-state index contributed by atoms with van der Waals surface area (Å²) >= 11 is 1.58. The van der Waals surface area contributed by atoms with Crippen LogP contribution in [0.1, 0.15) is 11.3 Å². The van der Waals surface area contributed by atoms with Crippen LogP contribution in [0.25, 0.3) is 0 Å². The molecule has 0 fully saturated rings. The quantitative estimate of drug-likeness (QED) is 0.372. The fourth-order valence-corrected chi connectivity index (χ4v) is 2.39. The van der Waals surface area contributed by atoms with Gasteiger partial charge in [-0.15, -0.1) is 34.4 Å². The maximum atomic E-state index is 5.39. The number of methoxy groups -OCH3 is 1. The van der Waals surface area contributed by atoms with Crippen LogP contribution in [0.5, 0.6) is 5.75 Å². The van der Waals surface area contributed by atoms with Crippen LogP contribution in [0.3, 0.4) is 0 Å². The molecule has 2 rings (SSSR count). The predicted octanol–water partition coefficient (Wildman–Crippen LogP) is 2.26. The van der Waals surface area contributed by atoms with Crippen LogP contribution >= 0.6 is 24.2 Å². The highest BCUT2D eigenvalue weighted by atomic mass is 35.5. The molecule has 0 atom stereocenters. The van der Waals surface area contributed by atoms with Gasteiger partial charge in [0.15, 0.2) is 0 Å². The lowest BCUT2D eigenvalue weighted by Crippen LogP contribution is -2.22. The van der Waals surface area contributed by atoms with Gasteiger partial charge in [-0.3, -0.25) is 4.98 Å². The van der Waals surface area contributed by atoms with Crippen molar-refractivity contribution in [2.45, 2.75) is 4.90 Å². The smallest absolute Gasteiger partial charge is 0.211 e. The van der Waals surface area contributed by atoms with Gasteiger partial charge in [-0.25, -0.2) is 0 Å². The number of nitrogens with two attached hydrogens (primary N) is 2. The number of halogens is 1. The van der Waals surface area contributed by atoms with E-state index < -0.39 is 0 Å². The summed E-state index contributed by atoms with van der Waals surface area (Å²) in [4.78, 5) is 5.40. The van der Waals surface area contributed by atoms with Gasteiger partial charge in [0.1, 0.15) is 17.2 Å². The third-order valence-electron chi connectivity index (χ3n) is 2.84. The van der Waals surface area contributed by atoms with E-state index in [1.54, 1.807) is 25.1 Å². The molecule has 0 unspecified atom stereocenters. The molecule has 0 aliphatic carbocycles. The minimum atomic E-state index is -0.104. The zero-order valence-corrected chi connectivity index (χ0v) is 14.4. The fraction of sp³-hybridized carbons (Fsp3) is 0.133. The molecule has 1 aromatic heterocycles. The highest BCUT2D eigenvalue weighted by Crippen LogP contribution is 2.22. The van der Waals surface area contributed by atoms with Gasteiger partial charge in [0.25, 0.3) is 0 Å². The number of pyridine rings is 1. The van der Waals surface area contributed by atoms with Crippen LogP contribution in [0.2, 0.25) is 0 Å². The van der Waals surface area contributed by atoms with Gasteiger partial charge in [-0.1, -0.05) is 0 Å². The molecule has 0 amide bonds. The fourth-order valence-electron chi connectivity index (χ4n) is 1.83. The molecule has 1 aromatic carbocycles. The first-order valence-electron chi connectivity index (χ1n) is 6.46. The summed E-state index contributed by atoms with van der Waals surface area (Å²) in [5, 5.41) is 7.94. The lowest BCUT2D eigenvalue weighted by molar-refractivity contribution is 0.415. The second kappa shape index (κ2) is 9.02. The number of guanidine groups is 1. The zero-order valence-electron chi connectivity index (χ0n) is 12.8. The average Bonchev–Trinajstić information content (AvgIpc) is 2.55. The number of nitrogens with zero attached hydrogens (tertiary/aromatic N) is 3. The van der Waals surface area contributed by atoms with Crippen LogP contribution in [0, 0.1) is 0 Å². The molecule has 1 heterocycles. The molecule has 4 N–H and O–H groups in total. The van der Waals surface area contributed by atoms with Crippen LogP contribution in [-0.4, -0.2) is 30.0 Å². The summed E-state index contributed by atoms with van der Waals surface area (Å²) in [6.07, 6.45) is 3.69. The van der Waals surface area contributed by atoms with Crippen molar-refractivity contribution in [1.29, 1.82) is 0 Å². The molecule has 0 aliphatic heterocycles. The molecule has 2 aromatic rings. The monoisotopic (exact) mass is 351 g/mol. The SMILES string of the molecule is COc1ccc(/C(=N/N=C(N)N)c2ncccc2SC)cc1.Cl. The third-order valence-corrected chi connectivity index (χ3v) is 3.61. The molecule has 0 saturated heterocycles. The molecule has 0 radical (unpaired) electrons. The van der Waals surface area contributed by atoms with Gasteiger partial charge >= 0.3 is 0 Å². The van der Waals surface area contributed by atoms with Crippen LogP contribution in [0.15, 0.2) is 57.7 Å². The molecule has 122 valence electrons. The number of aromatic nitrogens is 1. The van der Waals surface area contributed by atoms with Crippen molar-refractivity contribution in [1.82, 2.24) is 4.98 Å². The van der Waals surface area contributed by atoms with Gasteiger partial charge in [-0.2, -0.15) is 0 Å². The van der Waals surface area contributed by atoms with Crippen LogP contribution < -0.4 is 16.2 Å². The summed E-state index contributed by atoms with van der Waals surface area (Å²) in [6.45, 7) is 0. The van der Waals surface area contributed by atoms with E-state index in [2.05, 4.69) is 15.2 Å². The van der Waals surface area contributed by atoms with E-state index in [1.165, 1.54) is 0 Å². The topological polar surface area (TPSA) is 98.9 Å². The molecule has 0 saturated carbocycles. The Labute approximate surface area is 145 Å². The minimum Gasteiger partial charge on any atom is -0.497 e. The van der Waals surface area contributed by atoms with Crippen molar-refractivity contribution in [3.05, 3.63) is 53.9 Å². The first-order valence-corrected chi connectivity index (χ1v) is 7.68. The molecule has 6 nitrogen and oxygen atoms in total. The first kappa shape index (κ1) is 18.8. The van der Waals surface area contributed by atoms with Crippen molar-refractivity contribution >= 4 is 35.8 Å². The van der Waals surface area contributed by atoms with E-state index in [4.69, 9.17) is 16.2 Å². The molecule has 23 heavy (non-hydrogen) atoms. The largest absolute Gasteiger partial charge is 0.497 e. The van der Waals surface area contributed by atoms with E-state index >= 15 is 0 Å². The number of rotatable bonds is 5. The maximum Gasteiger partial charge on any atom is 0.211 e. The highest BCUT2D eigenvalue weighted by Gasteiger charge is 2.13. The Kier molecular flexibility index (Phi) is 7.37. The molecular formula is C15H18ClN5OS. The third kappa shape index (κ3) is 4.87.